The maximum absolute atomic E-state index is 10.2. The summed E-state index contributed by atoms with van der Waals surface area (Å²) in [5, 5.41) is 9.14. The van der Waals surface area contributed by atoms with Crippen LogP contribution in [0.5, 0.6) is 11.5 Å². The Bertz CT molecular complexity index is 270. The van der Waals surface area contributed by atoms with Crippen LogP contribution in [0.15, 0.2) is 18.2 Å². The molecule has 0 atom stereocenters. The van der Waals surface area contributed by atoms with E-state index in [4.69, 9.17) is 9.84 Å². The molecule has 1 aromatic carbocycles. The molecule has 0 bridgehead atoms. The second-order valence-corrected chi connectivity index (χ2v) is 2.05. The first-order valence-electron chi connectivity index (χ1n) is 5.10. The number of hydrogen-bond donors (Lipinski definition) is 1. The van der Waals surface area contributed by atoms with Gasteiger partial charge in [0.2, 0.25) is 0 Å². The lowest BCUT2D eigenvalue weighted by Crippen LogP contribution is -1.85. The fourth-order valence-electron chi connectivity index (χ4n) is 0.780. The fourth-order valence-corrected chi connectivity index (χ4v) is 0.780. The van der Waals surface area contributed by atoms with Crippen molar-refractivity contribution in [2.75, 3.05) is 7.11 Å². The van der Waals surface area contributed by atoms with Crippen LogP contribution in [0.4, 0.5) is 0 Å². The monoisotopic (exact) mass is 212 g/mol. The molecule has 1 rings (SSSR count). The molecule has 86 valence electrons. The van der Waals surface area contributed by atoms with Crippen LogP contribution in [0, 0.1) is 0 Å². The van der Waals surface area contributed by atoms with Crippen molar-refractivity contribution in [3.63, 3.8) is 0 Å². The van der Waals surface area contributed by atoms with Crippen molar-refractivity contribution < 1.29 is 14.6 Å². The zero-order valence-electron chi connectivity index (χ0n) is 10.1. The van der Waals surface area contributed by atoms with Crippen LogP contribution < -0.4 is 4.74 Å². The maximum atomic E-state index is 10.2. The molecule has 0 aliphatic rings. The van der Waals surface area contributed by atoms with E-state index in [1.807, 2.05) is 27.7 Å². The molecule has 0 saturated carbocycles. The zero-order chi connectivity index (χ0) is 12.3. The molecule has 0 fully saturated rings. The van der Waals surface area contributed by atoms with Gasteiger partial charge in [-0.15, -0.1) is 0 Å². The summed E-state index contributed by atoms with van der Waals surface area (Å²) in [7, 11) is 1.45. The van der Waals surface area contributed by atoms with Gasteiger partial charge in [-0.3, -0.25) is 4.79 Å². The van der Waals surface area contributed by atoms with Crippen molar-refractivity contribution in [2.24, 2.45) is 0 Å². The maximum Gasteiger partial charge on any atom is 0.160 e. The number of phenols is 1. The van der Waals surface area contributed by atoms with Gasteiger partial charge in [0.05, 0.1) is 7.11 Å². The van der Waals surface area contributed by atoms with Gasteiger partial charge in [0.15, 0.2) is 11.5 Å². The normalized spacial score (nSPS) is 7.53. The Labute approximate surface area is 91.7 Å². The molecule has 0 spiro atoms. The van der Waals surface area contributed by atoms with Crippen LogP contribution in [0.25, 0.3) is 0 Å². The summed E-state index contributed by atoms with van der Waals surface area (Å²) >= 11 is 0. The highest BCUT2D eigenvalue weighted by Crippen LogP contribution is 2.25. The minimum atomic E-state index is -0.0166. The zero-order valence-corrected chi connectivity index (χ0v) is 10.1. The summed E-state index contributed by atoms with van der Waals surface area (Å²) in [6.07, 6.45) is 0.666. The lowest BCUT2D eigenvalue weighted by molar-refractivity contribution is 0.112. The van der Waals surface area contributed by atoms with Gasteiger partial charge < -0.3 is 9.84 Å². The van der Waals surface area contributed by atoms with Crippen LogP contribution in [-0.4, -0.2) is 18.5 Å². The van der Waals surface area contributed by atoms with Crippen LogP contribution in [0.3, 0.4) is 0 Å². The standard InChI is InChI=1S/C8H8O3.2C2H6/c1-11-8-3-2-6(5-9)4-7(8)10;2*1-2/h2-5,10H,1H3;2*1-2H3. The van der Waals surface area contributed by atoms with E-state index in [9.17, 15) is 4.79 Å². The average Bonchev–Trinajstić information content (AvgIpc) is 2.34. The minimum Gasteiger partial charge on any atom is -0.504 e. The highest BCUT2D eigenvalue weighted by Gasteiger charge is 2.00. The Balaban J connectivity index is 0. The molecule has 0 radical (unpaired) electrons. The van der Waals surface area contributed by atoms with Crippen molar-refractivity contribution >= 4 is 6.29 Å². The first-order chi connectivity index (χ1) is 7.27. The van der Waals surface area contributed by atoms with Crippen molar-refractivity contribution in [1.82, 2.24) is 0 Å². The first kappa shape index (κ1) is 15.9. The van der Waals surface area contributed by atoms with E-state index in [1.54, 1.807) is 12.1 Å². The second-order valence-electron chi connectivity index (χ2n) is 2.05. The average molecular weight is 212 g/mol. The predicted octanol–water partition coefficient (Wildman–Crippen LogP) is 3.27. The van der Waals surface area contributed by atoms with Gasteiger partial charge in [-0.2, -0.15) is 0 Å². The number of ether oxygens (including phenoxy) is 1. The van der Waals surface area contributed by atoms with Gasteiger partial charge >= 0.3 is 0 Å². The Hall–Kier alpha value is -1.51. The summed E-state index contributed by atoms with van der Waals surface area (Å²) in [5.74, 6) is 0.354. The molecule has 1 aromatic rings. The van der Waals surface area contributed by atoms with Crippen molar-refractivity contribution in [1.29, 1.82) is 0 Å². The molecule has 0 aliphatic carbocycles. The molecule has 0 aromatic heterocycles. The number of hydrogen-bond acceptors (Lipinski definition) is 3. The molecule has 0 saturated heterocycles. The molecule has 3 nitrogen and oxygen atoms in total. The summed E-state index contributed by atoms with van der Waals surface area (Å²) in [5.41, 5.74) is 0.434. The molecule has 0 amide bonds. The molecular weight excluding hydrogens is 192 g/mol. The van der Waals surface area contributed by atoms with E-state index in [1.165, 1.54) is 13.2 Å². The number of carbonyl (C=O) groups is 1. The first-order valence-corrected chi connectivity index (χ1v) is 5.10. The number of aromatic hydroxyl groups is 1. The topological polar surface area (TPSA) is 46.5 Å². The Kier molecular flexibility index (Phi) is 11.2. The van der Waals surface area contributed by atoms with Crippen LogP contribution in [0.2, 0.25) is 0 Å². The van der Waals surface area contributed by atoms with Crippen LogP contribution in [0.1, 0.15) is 38.1 Å². The van der Waals surface area contributed by atoms with Crippen LogP contribution >= 0.6 is 0 Å². The lowest BCUT2D eigenvalue weighted by atomic mass is 10.2. The Morgan fingerprint density at radius 1 is 1.20 bits per heavy atom. The SMILES string of the molecule is CC.CC.COc1ccc(C=O)cc1O. The minimum absolute atomic E-state index is 0.0166. The molecule has 15 heavy (non-hydrogen) atoms. The number of carbonyl (C=O) groups excluding carboxylic acids is 1. The number of aldehydes is 1. The largest absolute Gasteiger partial charge is 0.504 e. The summed E-state index contributed by atoms with van der Waals surface area (Å²) in [6, 6.07) is 4.47. The van der Waals surface area contributed by atoms with Gasteiger partial charge in [0.25, 0.3) is 0 Å². The smallest absolute Gasteiger partial charge is 0.160 e. The number of methoxy groups -OCH3 is 1. The van der Waals surface area contributed by atoms with Gasteiger partial charge in [-0.25, -0.2) is 0 Å². The molecular formula is C12H20O3. The molecule has 0 unspecified atom stereocenters. The highest BCUT2D eigenvalue weighted by atomic mass is 16.5. The highest BCUT2D eigenvalue weighted by molar-refractivity contribution is 5.76. The van der Waals surface area contributed by atoms with E-state index in [0.717, 1.165) is 0 Å². The molecule has 0 aliphatic heterocycles. The number of phenolic OH excluding ortho intramolecular Hbond substituents is 1. The van der Waals surface area contributed by atoms with Crippen molar-refractivity contribution in [2.45, 2.75) is 27.7 Å². The summed E-state index contributed by atoms with van der Waals surface area (Å²) in [4.78, 5) is 10.2. The van der Waals surface area contributed by atoms with Gasteiger partial charge in [0, 0.05) is 5.56 Å². The van der Waals surface area contributed by atoms with E-state index in [2.05, 4.69) is 0 Å². The third-order valence-electron chi connectivity index (χ3n) is 1.34. The van der Waals surface area contributed by atoms with E-state index < -0.39 is 0 Å². The Morgan fingerprint density at radius 3 is 2.07 bits per heavy atom. The molecule has 3 heteroatoms. The second kappa shape index (κ2) is 10.6. The Morgan fingerprint density at radius 2 is 1.73 bits per heavy atom. The van der Waals surface area contributed by atoms with E-state index >= 15 is 0 Å². The predicted molar refractivity (Wildman–Crippen MR) is 62.7 cm³/mol. The molecule has 1 N–H and O–H groups in total. The summed E-state index contributed by atoms with van der Waals surface area (Å²) in [6.45, 7) is 8.00. The third kappa shape index (κ3) is 5.73. The van der Waals surface area contributed by atoms with Gasteiger partial charge in [-0.1, -0.05) is 27.7 Å². The number of benzene rings is 1. The fraction of sp³-hybridized carbons (Fsp3) is 0.417. The van der Waals surface area contributed by atoms with Gasteiger partial charge in [0.1, 0.15) is 6.29 Å². The third-order valence-corrected chi connectivity index (χ3v) is 1.34. The van der Waals surface area contributed by atoms with E-state index in [-0.39, 0.29) is 5.75 Å². The van der Waals surface area contributed by atoms with Crippen molar-refractivity contribution in [3.05, 3.63) is 23.8 Å². The molecule has 0 heterocycles. The van der Waals surface area contributed by atoms with Gasteiger partial charge in [-0.05, 0) is 18.2 Å². The number of rotatable bonds is 2. The quantitative estimate of drug-likeness (QED) is 0.765. The van der Waals surface area contributed by atoms with E-state index in [0.29, 0.717) is 17.6 Å². The van der Waals surface area contributed by atoms with Crippen molar-refractivity contribution in [3.8, 4) is 11.5 Å². The summed E-state index contributed by atoms with van der Waals surface area (Å²) < 4.78 is 4.78. The lowest BCUT2D eigenvalue weighted by Gasteiger charge is -2.01. The van der Waals surface area contributed by atoms with Crippen LogP contribution in [-0.2, 0) is 0 Å².